The molecule has 1 aliphatic heterocycles. The van der Waals surface area contributed by atoms with Gasteiger partial charge in [-0.15, -0.1) is 0 Å². The van der Waals surface area contributed by atoms with Gasteiger partial charge in [0.1, 0.15) is 11.9 Å². The Hall–Kier alpha value is -1.81. The molecular formula is C15H15ClN2O2. The van der Waals surface area contributed by atoms with Gasteiger partial charge in [0.25, 0.3) is 0 Å². The smallest absolute Gasteiger partial charge is 0.328 e. The zero-order chi connectivity index (χ0) is 14.1. The number of esters is 1. The van der Waals surface area contributed by atoms with E-state index in [9.17, 15) is 4.79 Å². The lowest BCUT2D eigenvalue weighted by Gasteiger charge is -2.25. The van der Waals surface area contributed by atoms with Gasteiger partial charge in [-0.05, 0) is 19.3 Å². The number of hydrogen-bond acceptors (Lipinski definition) is 3. The molecule has 0 spiro atoms. The van der Waals surface area contributed by atoms with Gasteiger partial charge in [-0.2, -0.15) is 0 Å². The minimum atomic E-state index is -0.334. The minimum absolute atomic E-state index is 0.239. The second kappa shape index (κ2) is 5.29. The fourth-order valence-electron chi connectivity index (χ4n) is 2.74. The molecule has 4 nitrogen and oxygen atoms in total. The zero-order valence-corrected chi connectivity index (χ0v) is 11.9. The quantitative estimate of drug-likeness (QED) is 0.798. The Morgan fingerprint density at radius 2 is 2.15 bits per heavy atom. The SMILES string of the molecule is COC(=O)C1CCCc2c(Cl)nc(-c3ccccc3)n21. The highest BCUT2D eigenvalue weighted by atomic mass is 35.5. The average molecular weight is 291 g/mol. The van der Waals surface area contributed by atoms with Crippen molar-refractivity contribution < 1.29 is 9.53 Å². The van der Waals surface area contributed by atoms with Crippen LogP contribution in [-0.4, -0.2) is 22.6 Å². The minimum Gasteiger partial charge on any atom is -0.467 e. The van der Waals surface area contributed by atoms with Gasteiger partial charge in [0, 0.05) is 5.56 Å². The average Bonchev–Trinajstić information content (AvgIpc) is 2.85. The van der Waals surface area contributed by atoms with Gasteiger partial charge in [-0.25, -0.2) is 9.78 Å². The van der Waals surface area contributed by atoms with Crippen LogP contribution in [0.5, 0.6) is 0 Å². The van der Waals surface area contributed by atoms with Crippen molar-refractivity contribution in [2.45, 2.75) is 25.3 Å². The zero-order valence-electron chi connectivity index (χ0n) is 11.2. The summed E-state index contributed by atoms with van der Waals surface area (Å²) in [6.07, 6.45) is 2.51. The first-order valence-corrected chi connectivity index (χ1v) is 7.00. The van der Waals surface area contributed by atoms with Gasteiger partial charge in [-0.3, -0.25) is 0 Å². The summed E-state index contributed by atoms with van der Waals surface area (Å²) in [6, 6.07) is 9.44. The Labute approximate surface area is 122 Å². The summed E-state index contributed by atoms with van der Waals surface area (Å²) in [5, 5.41) is 0.484. The summed E-state index contributed by atoms with van der Waals surface area (Å²) in [4.78, 5) is 16.5. The molecule has 2 heterocycles. The summed E-state index contributed by atoms with van der Waals surface area (Å²) < 4.78 is 6.85. The third-order valence-electron chi connectivity index (χ3n) is 3.67. The van der Waals surface area contributed by atoms with Gasteiger partial charge < -0.3 is 9.30 Å². The molecule has 5 heteroatoms. The highest BCUT2D eigenvalue weighted by Crippen LogP contribution is 2.35. The van der Waals surface area contributed by atoms with E-state index in [1.165, 1.54) is 7.11 Å². The molecule has 0 fully saturated rings. The molecule has 1 aromatic carbocycles. The lowest BCUT2D eigenvalue weighted by molar-refractivity contribution is -0.145. The molecule has 104 valence electrons. The predicted molar refractivity (Wildman–Crippen MR) is 76.7 cm³/mol. The van der Waals surface area contributed by atoms with Crippen molar-refractivity contribution in [2.24, 2.45) is 0 Å². The summed E-state index contributed by atoms with van der Waals surface area (Å²) in [6.45, 7) is 0. The molecule has 1 aliphatic rings. The van der Waals surface area contributed by atoms with Gasteiger partial charge in [0.2, 0.25) is 0 Å². The second-order valence-electron chi connectivity index (χ2n) is 4.84. The lowest BCUT2D eigenvalue weighted by Crippen LogP contribution is -2.26. The highest BCUT2D eigenvalue weighted by Gasteiger charge is 2.31. The molecular weight excluding hydrogens is 276 g/mol. The largest absolute Gasteiger partial charge is 0.467 e. The topological polar surface area (TPSA) is 44.1 Å². The van der Waals surface area contributed by atoms with Gasteiger partial charge in [0.05, 0.1) is 12.8 Å². The van der Waals surface area contributed by atoms with Crippen molar-refractivity contribution in [1.29, 1.82) is 0 Å². The number of carbonyl (C=O) groups is 1. The number of hydrogen-bond donors (Lipinski definition) is 0. The van der Waals surface area contributed by atoms with Crippen LogP contribution in [0.15, 0.2) is 30.3 Å². The third kappa shape index (κ3) is 2.10. The Kier molecular flexibility index (Phi) is 3.49. The molecule has 0 N–H and O–H groups in total. The fourth-order valence-corrected chi connectivity index (χ4v) is 3.01. The van der Waals surface area contributed by atoms with E-state index in [0.717, 1.165) is 36.3 Å². The van der Waals surface area contributed by atoms with Crippen molar-refractivity contribution in [1.82, 2.24) is 9.55 Å². The summed E-state index contributed by atoms with van der Waals surface area (Å²) in [5.74, 6) is 0.498. The van der Waals surface area contributed by atoms with Crippen LogP contribution in [0, 0.1) is 0 Å². The number of halogens is 1. The number of fused-ring (bicyclic) bond motifs is 1. The maximum atomic E-state index is 12.0. The second-order valence-corrected chi connectivity index (χ2v) is 5.20. The number of ether oxygens (including phenoxy) is 1. The Bertz CT molecular complexity index is 637. The van der Waals surface area contributed by atoms with Crippen LogP contribution in [0.3, 0.4) is 0 Å². The van der Waals surface area contributed by atoms with E-state index in [-0.39, 0.29) is 12.0 Å². The normalized spacial score (nSPS) is 17.6. The number of methoxy groups -OCH3 is 1. The molecule has 3 rings (SSSR count). The number of imidazole rings is 1. The van der Waals surface area contributed by atoms with Crippen molar-refractivity contribution in [3.8, 4) is 11.4 Å². The van der Waals surface area contributed by atoms with Gasteiger partial charge in [-0.1, -0.05) is 41.9 Å². The van der Waals surface area contributed by atoms with Crippen LogP contribution in [-0.2, 0) is 16.0 Å². The Balaban J connectivity index is 2.16. The molecule has 2 aromatic rings. The fraction of sp³-hybridized carbons (Fsp3) is 0.333. The van der Waals surface area contributed by atoms with Crippen molar-refractivity contribution in [3.05, 3.63) is 41.2 Å². The van der Waals surface area contributed by atoms with Crippen molar-refractivity contribution in [2.75, 3.05) is 7.11 Å². The van der Waals surface area contributed by atoms with E-state index in [4.69, 9.17) is 16.3 Å². The number of rotatable bonds is 2. The van der Waals surface area contributed by atoms with E-state index in [1.54, 1.807) is 0 Å². The van der Waals surface area contributed by atoms with Crippen molar-refractivity contribution in [3.63, 3.8) is 0 Å². The number of benzene rings is 1. The van der Waals surface area contributed by atoms with E-state index < -0.39 is 0 Å². The van der Waals surface area contributed by atoms with Crippen LogP contribution >= 0.6 is 11.6 Å². The first-order chi connectivity index (χ1) is 9.72. The van der Waals surface area contributed by atoms with Crippen LogP contribution in [0.4, 0.5) is 0 Å². The van der Waals surface area contributed by atoms with E-state index in [0.29, 0.717) is 5.15 Å². The van der Waals surface area contributed by atoms with Crippen LogP contribution in [0.1, 0.15) is 24.6 Å². The number of nitrogens with zero attached hydrogens (tertiary/aromatic N) is 2. The first-order valence-electron chi connectivity index (χ1n) is 6.62. The molecule has 0 radical (unpaired) electrons. The molecule has 0 saturated heterocycles. The molecule has 0 aliphatic carbocycles. The highest BCUT2D eigenvalue weighted by molar-refractivity contribution is 6.30. The maximum absolute atomic E-state index is 12.0. The van der Waals surface area contributed by atoms with Gasteiger partial charge >= 0.3 is 5.97 Å². The standard InChI is InChI=1S/C15H15ClN2O2/c1-20-15(19)12-9-5-8-11-13(16)17-14(18(11)12)10-6-3-2-4-7-10/h2-4,6-7,12H,5,8-9H2,1H3. The number of aromatic nitrogens is 2. The monoisotopic (exact) mass is 290 g/mol. The van der Waals surface area contributed by atoms with E-state index >= 15 is 0 Å². The van der Waals surface area contributed by atoms with Gasteiger partial charge in [0.15, 0.2) is 5.15 Å². The van der Waals surface area contributed by atoms with E-state index in [1.807, 2.05) is 34.9 Å². The molecule has 0 amide bonds. The molecule has 1 atom stereocenters. The molecule has 0 bridgehead atoms. The molecule has 1 aromatic heterocycles. The van der Waals surface area contributed by atoms with Crippen LogP contribution < -0.4 is 0 Å². The molecule has 1 unspecified atom stereocenters. The summed E-state index contributed by atoms with van der Waals surface area (Å²) in [7, 11) is 1.41. The first kappa shape index (κ1) is 13.2. The number of carbonyl (C=O) groups excluding carboxylic acids is 1. The van der Waals surface area contributed by atoms with E-state index in [2.05, 4.69) is 4.98 Å². The Morgan fingerprint density at radius 1 is 1.40 bits per heavy atom. The summed E-state index contributed by atoms with van der Waals surface area (Å²) in [5.41, 5.74) is 1.88. The maximum Gasteiger partial charge on any atom is 0.328 e. The Morgan fingerprint density at radius 3 is 2.85 bits per heavy atom. The van der Waals surface area contributed by atoms with Crippen molar-refractivity contribution >= 4 is 17.6 Å². The third-order valence-corrected chi connectivity index (χ3v) is 3.97. The lowest BCUT2D eigenvalue weighted by atomic mass is 10.0. The summed E-state index contributed by atoms with van der Waals surface area (Å²) >= 11 is 6.24. The van der Waals surface area contributed by atoms with Crippen LogP contribution in [0.2, 0.25) is 5.15 Å². The molecule has 0 saturated carbocycles. The van der Waals surface area contributed by atoms with Crippen LogP contribution in [0.25, 0.3) is 11.4 Å². The predicted octanol–water partition coefficient (Wildman–Crippen LogP) is 3.25. The molecule has 20 heavy (non-hydrogen) atoms.